The van der Waals surface area contributed by atoms with Crippen molar-refractivity contribution in [3.8, 4) is 11.1 Å². The van der Waals surface area contributed by atoms with Crippen LogP contribution in [0.25, 0.3) is 16.7 Å². The van der Waals surface area contributed by atoms with Gasteiger partial charge in [-0.05, 0) is 39.8 Å². The first-order valence-corrected chi connectivity index (χ1v) is 9.35. The Kier molecular flexibility index (Phi) is 5.26. The van der Waals surface area contributed by atoms with Gasteiger partial charge in [0, 0.05) is 0 Å². The van der Waals surface area contributed by atoms with Gasteiger partial charge >= 0.3 is 0 Å². The summed E-state index contributed by atoms with van der Waals surface area (Å²) in [6.45, 7) is 0. The summed E-state index contributed by atoms with van der Waals surface area (Å²) in [5, 5.41) is 0. The standard InChI is InChI=1S/C27H22/c1-4-10-23(11-5-1)24-19-16-22(17-20-24)18-21-27(25-12-6-2-7-13-25)26-14-8-3-9-15-26/h1-17,19-21H,18H2. The maximum absolute atomic E-state index is 2.34. The van der Waals surface area contributed by atoms with Crippen LogP contribution in [0, 0.1) is 0 Å². The summed E-state index contributed by atoms with van der Waals surface area (Å²) in [5.41, 5.74) is 7.63. The van der Waals surface area contributed by atoms with Crippen LogP contribution in [0.2, 0.25) is 0 Å². The fourth-order valence-electron chi connectivity index (χ4n) is 3.32. The highest BCUT2D eigenvalue weighted by molar-refractivity contribution is 5.79. The van der Waals surface area contributed by atoms with Crippen molar-refractivity contribution in [2.75, 3.05) is 0 Å². The molecule has 0 aliphatic heterocycles. The van der Waals surface area contributed by atoms with Crippen LogP contribution in [-0.4, -0.2) is 0 Å². The molecule has 0 heteroatoms. The Balaban J connectivity index is 1.60. The van der Waals surface area contributed by atoms with Crippen LogP contribution >= 0.6 is 0 Å². The lowest BCUT2D eigenvalue weighted by molar-refractivity contribution is 1.27. The topological polar surface area (TPSA) is 0 Å². The van der Waals surface area contributed by atoms with Crippen molar-refractivity contribution in [2.45, 2.75) is 6.42 Å². The number of hydrogen-bond acceptors (Lipinski definition) is 0. The molecule has 0 unspecified atom stereocenters. The first-order chi connectivity index (χ1) is 13.4. The SMILES string of the molecule is C(Cc1ccc(-c2ccccc2)cc1)=C(c1ccccc1)c1ccccc1. The van der Waals surface area contributed by atoms with Crippen molar-refractivity contribution in [3.63, 3.8) is 0 Å². The molecule has 0 aliphatic carbocycles. The molecule has 0 saturated carbocycles. The lowest BCUT2D eigenvalue weighted by atomic mass is 9.95. The molecule has 0 bridgehead atoms. The largest absolute Gasteiger partial charge is 0.0717 e. The summed E-state index contributed by atoms with van der Waals surface area (Å²) in [5.74, 6) is 0. The summed E-state index contributed by atoms with van der Waals surface area (Å²) < 4.78 is 0. The number of hydrogen-bond donors (Lipinski definition) is 0. The van der Waals surface area contributed by atoms with Crippen molar-refractivity contribution in [1.82, 2.24) is 0 Å². The zero-order valence-electron chi connectivity index (χ0n) is 15.3. The van der Waals surface area contributed by atoms with E-state index in [1.165, 1.54) is 33.4 Å². The first-order valence-electron chi connectivity index (χ1n) is 9.35. The quantitative estimate of drug-likeness (QED) is 0.364. The van der Waals surface area contributed by atoms with E-state index in [9.17, 15) is 0 Å². The van der Waals surface area contributed by atoms with Gasteiger partial charge in [-0.1, -0.05) is 121 Å². The predicted octanol–water partition coefficient (Wildman–Crippen LogP) is 7.03. The van der Waals surface area contributed by atoms with Gasteiger partial charge in [0.05, 0.1) is 0 Å². The summed E-state index contributed by atoms with van der Waals surface area (Å²) in [6.07, 6.45) is 3.25. The molecule has 0 nitrogen and oxygen atoms in total. The summed E-state index contributed by atoms with van der Waals surface area (Å²) in [4.78, 5) is 0. The summed E-state index contributed by atoms with van der Waals surface area (Å²) in [6, 6.07) is 40.6. The van der Waals surface area contributed by atoms with E-state index < -0.39 is 0 Å². The van der Waals surface area contributed by atoms with Crippen LogP contribution in [0.5, 0.6) is 0 Å². The zero-order chi connectivity index (χ0) is 18.3. The van der Waals surface area contributed by atoms with Crippen molar-refractivity contribution in [3.05, 3.63) is 138 Å². The van der Waals surface area contributed by atoms with Crippen LogP contribution < -0.4 is 0 Å². The molecule has 0 fully saturated rings. The molecular formula is C27H22. The lowest BCUT2D eigenvalue weighted by Gasteiger charge is -2.09. The van der Waals surface area contributed by atoms with Crippen molar-refractivity contribution >= 4 is 5.57 Å². The molecule has 4 rings (SSSR count). The Hall–Kier alpha value is -3.38. The molecule has 0 aromatic heterocycles. The molecule has 0 radical (unpaired) electrons. The first kappa shape index (κ1) is 17.1. The molecule has 0 heterocycles. The minimum absolute atomic E-state index is 0.911. The van der Waals surface area contributed by atoms with E-state index in [0.717, 1.165) is 6.42 Å². The van der Waals surface area contributed by atoms with Crippen molar-refractivity contribution in [1.29, 1.82) is 0 Å². The van der Waals surface area contributed by atoms with E-state index in [1.54, 1.807) is 0 Å². The van der Waals surface area contributed by atoms with Gasteiger partial charge in [0.2, 0.25) is 0 Å². The van der Waals surface area contributed by atoms with E-state index in [1.807, 2.05) is 0 Å². The molecule has 0 saturated heterocycles. The van der Waals surface area contributed by atoms with Crippen LogP contribution in [0.1, 0.15) is 16.7 Å². The normalized spacial score (nSPS) is 10.4. The number of allylic oxidation sites excluding steroid dienone is 1. The van der Waals surface area contributed by atoms with Gasteiger partial charge in [-0.25, -0.2) is 0 Å². The average molecular weight is 346 g/mol. The molecule has 4 aromatic carbocycles. The Morgan fingerprint density at radius 3 is 1.44 bits per heavy atom. The zero-order valence-corrected chi connectivity index (χ0v) is 15.3. The van der Waals surface area contributed by atoms with Crippen LogP contribution in [0.4, 0.5) is 0 Å². The minimum atomic E-state index is 0.911. The third-order valence-corrected chi connectivity index (χ3v) is 4.77. The summed E-state index contributed by atoms with van der Waals surface area (Å²) in [7, 11) is 0. The van der Waals surface area contributed by atoms with Gasteiger partial charge in [-0.3, -0.25) is 0 Å². The van der Waals surface area contributed by atoms with E-state index in [4.69, 9.17) is 0 Å². The Morgan fingerprint density at radius 2 is 0.926 bits per heavy atom. The minimum Gasteiger partial charge on any atom is -0.0717 e. The highest BCUT2D eigenvalue weighted by atomic mass is 14.1. The second-order valence-corrected chi connectivity index (χ2v) is 6.62. The molecular weight excluding hydrogens is 324 g/mol. The van der Waals surface area contributed by atoms with Crippen molar-refractivity contribution in [2.24, 2.45) is 0 Å². The van der Waals surface area contributed by atoms with Crippen LogP contribution in [-0.2, 0) is 6.42 Å². The second kappa shape index (κ2) is 8.33. The lowest BCUT2D eigenvalue weighted by Crippen LogP contribution is -1.90. The second-order valence-electron chi connectivity index (χ2n) is 6.62. The Bertz CT molecular complexity index is 954. The monoisotopic (exact) mass is 346 g/mol. The van der Waals surface area contributed by atoms with Gasteiger partial charge in [-0.2, -0.15) is 0 Å². The highest BCUT2D eigenvalue weighted by Crippen LogP contribution is 2.25. The Morgan fingerprint density at radius 1 is 0.481 bits per heavy atom. The Labute approximate surface area is 161 Å². The van der Waals surface area contributed by atoms with Crippen molar-refractivity contribution < 1.29 is 0 Å². The molecule has 130 valence electrons. The highest BCUT2D eigenvalue weighted by Gasteiger charge is 2.04. The number of rotatable bonds is 5. The van der Waals surface area contributed by atoms with Gasteiger partial charge in [0.15, 0.2) is 0 Å². The van der Waals surface area contributed by atoms with E-state index in [-0.39, 0.29) is 0 Å². The molecule has 0 aliphatic rings. The average Bonchev–Trinajstić information content (AvgIpc) is 2.76. The fraction of sp³-hybridized carbons (Fsp3) is 0.0370. The predicted molar refractivity (Wildman–Crippen MR) is 116 cm³/mol. The molecule has 4 aromatic rings. The van der Waals surface area contributed by atoms with Gasteiger partial charge in [-0.15, -0.1) is 0 Å². The molecule has 0 spiro atoms. The van der Waals surface area contributed by atoms with E-state index in [0.29, 0.717) is 0 Å². The summed E-state index contributed by atoms with van der Waals surface area (Å²) >= 11 is 0. The maximum atomic E-state index is 2.34. The third-order valence-electron chi connectivity index (χ3n) is 4.77. The van der Waals surface area contributed by atoms with Crippen LogP contribution in [0.3, 0.4) is 0 Å². The fourth-order valence-corrected chi connectivity index (χ4v) is 3.32. The van der Waals surface area contributed by atoms with Crippen LogP contribution in [0.15, 0.2) is 121 Å². The number of benzene rings is 4. The molecule has 27 heavy (non-hydrogen) atoms. The van der Waals surface area contributed by atoms with Gasteiger partial charge in [0.1, 0.15) is 0 Å². The molecule has 0 atom stereocenters. The molecule has 0 N–H and O–H groups in total. The van der Waals surface area contributed by atoms with Gasteiger partial charge in [0.25, 0.3) is 0 Å². The molecule has 0 amide bonds. The maximum Gasteiger partial charge on any atom is -0.00880 e. The van der Waals surface area contributed by atoms with E-state index >= 15 is 0 Å². The third kappa shape index (κ3) is 4.24. The smallest absolute Gasteiger partial charge is 0.00880 e. The van der Waals surface area contributed by atoms with Gasteiger partial charge < -0.3 is 0 Å². The van der Waals surface area contributed by atoms with E-state index in [2.05, 4.69) is 121 Å².